The average molecular weight is 351 g/mol. The van der Waals surface area contributed by atoms with Gasteiger partial charge in [-0.25, -0.2) is 14.5 Å². The quantitative estimate of drug-likeness (QED) is 0.693. The third-order valence-corrected chi connectivity index (χ3v) is 3.36. The summed E-state index contributed by atoms with van der Waals surface area (Å²) in [4.78, 5) is 36.1. The minimum Gasteiger partial charge on any atom is -0.493 e. The lowest BCUT2D eigenvalue weighted by molar-refractivity contribution is -0.131. The van der Waals surface area contributed by atoms with Crippen molar-refractivity contribution in [3.63, 3.8) is 0 Å². The first-order valence-corrected chi connectivity index (χ1v) is 7.87. The van der Waals surface area contributed by atoms with Crippen molar-refractivity contribution in [1.82, 2.24) is 4.90 Å². The predicted molar refractivity (Wildman–Crippen MR) is 86.7 cm³/mol. The maximum atomic E-state index is 12.1. The van der Waals surface area contributed by atoms with Gasteiger partial charge < -0.3 is 18.9 Å². The summed E-state index contributed by atoms with van der Waals surface area (Å²) in [7, 11) is 1.47. The number of imide groups is 1. The Hall–Kier alpha value is -2.77. The molecule has 0 spiro atoms. The van der Waals surface area contributed by atoms with Crippen LogP contribution in [-0.2, 0) is 14.3 Å². The molecule has 1 aromatic rings. The first-order chi connectivity index (χ1) is 11.9. The van der Waals surface area contributed by atoms with Crippen LogP contribution in [0.1, 0.15) is 24.2 Å². The molecule has 0 radical (unpaired) electrons. The van der Waals surface area contributed by atoms with Crippen LogP contribution in [0.4, 0.5) is 4.79 Å². The van der Waals surface area contributed by atoms with Crippen LogP contribution in [0.5, 0.6) is 11.5 Å². The SMILES string of the molecule is COc1cc(C(=O)OCC(=O)N2CCOC2=O)ccc1OCC(C)C. The van der Waals surface area contributed by atoms with Crippen LogP contribution in [0, 0.1) is 5.92 Å². The molecule has 2 amide bonds. The number of hydrogen-bond donors (Lipinski definition) is 0. The highest BCUT2D eigenvalue weighted by Crippen LogP contribution is 2.28. The van der Waals surface area contributed by atoms with Crippen LogP contribution in [-0.4, -0.2) is 56.3 Å². The maximum absolute atomic E-state index is 12.1. The van der Waals surface area contributed by atoms with Gasteiger partial charge in [-0.05, 0) is 24.1 Å². The van der Waals surface area contributed by atoms with E-state index in [0.29, 0.717) is 24.0 Å². The number of carbonyl (C=O) groups is 3. The van der Waals surface area contributed by atoms with Crippen molar-refractivity contribution >= 4 is 18.0 Å². The first kappa shape index (κ1) is 18.6. The number of esters is 1. The summed E-state index contributed by atoms with van der Waals surface area (Å²) >= 11 is 0. The summed E-state index contributed by atoms with van der Waals surface area (Å²) in [5, 5.41) is 0. The van der Waals surface area contributed by atoms with E-state index in [2.05, 4.69) is 4.74 Å². The van der Waals surface area contributed by atoms with Crippen LogP contribution in [0.15, 0.2) is 18.2 Å². The Bertz CT molecular complexity index is 656. The van der Waals surface area contributed by atoms with Gasteiger partial charge in [-0.3, -0.25) is 4.79 Å². The van der Waals surface area contributed by atoms with Gasteiger partial charge in [0.2, 0.25) is 0 Å². The van der Waals surface area contributed by atoms with Crippen molar-refractivity contribution in [2.75, 3.05) is 33.5 Å². The molecule has 0 atom stereocenters. The van der Waals surface area contributed by atoms with Crippen LogP contribution in [0.25, 0.3) is 0 Å². The Morgan fingerprint density at radius 1 is 1.28 bits per heavy atom. The topological polar surface area (TPSA) is 91.4 Å². The molecule has 0 aliphatic carbocycles. The zero-order chi connectivity index (χ0) is 18.4. The second-order valence-electron chi connectivity index (χ2n) is 5.81. The fourth-order valence-electron chi connectivity index (χ4n) is 2.08. The van der Waals surface area contributed by atoms with Crippen LogP contribution < -0.4 is 9.47 Å². The number of benzene rings is 1. The number of rotatable bonds is 7. The lowest BCUT2D eigenvalue weighted by Crippen LogP contribution is -2.35. The Kier molecular flexibility index (Phi) is 6.21. The molecule has 136 valence electrons. The van der Waals surface area contributed by atoms with Gasteiger partial charge in [0.25, 0.3) is 5.91 Å². The summed E-state index contributed by atoms with van der Waals surface area (Å²) in [6.07, 6.45) is -0.727. The Morgan fingerprint density at radius 2 is 2.04 bits per heavy atom. The third-order valence-electron chi connectivity index (χ3n) is 3.36. The molecular formula is C17H21NO7. The molecule has 1 aliphatic heterocycles. The van der Waals surface area contributed by atoms with Gasteiger partial charge in [-0.2, -0.15) is 0 Å². The molecule has 1 saturated heterocycles. The molecular weight excluding hydrogens is 330 g/mol. The van der Waals surface area contributed by atoms with E-state index in [1.165, 1.54) is 19.2 Å². The van der Waals surface area contributed by atoms with E-state index < -0.39 is 24.6 Å². The van der Waals surface area contributed by atoms with Crippen LogP contribution >= 0.6 is 0 Å². The molecule has 0 N–H and O–H groups in total. The molecule has 8 heteroatoms. The molecule has 2 rings (SSSR count). The minimum atomic E-state index is -0.727. The molecule has 8 nitrogen and oxygen atoms in total. The maximum Gasteiger partial charge on any atom is 0.416 e. The molecule has 0 aromatic heterocycles. The summed E-state index contributed by atoms with van der Waals surface area (Å²) in [5.41, 5.74) is 0.213. The highest BCUT2D eigenvalue weighted by Gasteiger charge is 2.29. The minimum absolute atomic E-state index is 0.146. The average Bonchev–Trinajstić information content (AvgIpc) is 3.03. The zero-order valence-electron chi connectivity index (χ0n) is 14.4. The van der Waals surface area contributed by atoms with Gasteiger partial charge in [-0.1, -0.05) is 13.8 Å². The van der Waals surface area contributed by atoms with Crippen molar-refractivity contribution in [3.05, 3.63) is 23.8 Å². The first-order valence-electron chi connectivity index (χ1n) is 7.87. The second kappa shape index (κ2) is 8.36. The van der Waals surface area contributed by atoms with E-state index in [1.807, 2.05) is 13.8 Å². The molecule has 1 fully saturated rings. The number of hydrogen-bond acceptors (Lipinski definition) is 7. The van der Waals surface area contributed by atoms with Crippen molar-refractivity contribution in [1.29, 1.82) is 0 Å². The molecule has 25 heavy (non-hydrogen) atoms. The van der Waals surface area contributed by atoms with Crippen LogP contribution in [0.2, 0.25) is 0 Å². The van der Waals surface area contributed by atoms with E-state index in [9.17, 15) is 14.4 Å². The second-order valence-corrected chi connectivity index (χ2v) is 5.81. The van der Waals surface area contributed by atoms with Crippen molar-refractivity contribution in [2.45, 2.75) is 13.8 Å². The van der Waals surface area contributed by atoms with Gasteiger partial charge in [0.15, 0.2) is 18.1 Å². The lowest BCUT2D eigenvalue weighted by atomic mass is 10.2. The van der Waals surface area contributed by atoms with Gasteiger partial charge in [0, 0.05) is 0 Å². The third kappa shape index (κ3) is 4.85. The summed E-state index contributed by atoms with van der Waals surface area (Å²) in [5.74, 6) is -0.0693. The molecule has 1 aliphatic rings. The van der Waals surface area contributed by atoms with Gasteiger partial charge in [0.05, 0.1) is 25.8 Å². The fourth-order valence-corrected chi connectivity index (χ4v) is 2.08. The number of cyclic esters (lactones) is 1. The van der Waals surface area contributed by atoms with Crippen molar-refractivity contribution in [3.8, 4) is 11.5 Å². The van der Waals surface area contributed by atoms with E-state index in [1.54, 1.807) is 6.07 Å². The van der Waals surface area contributed by atoms with E-state index in [0.717, 1.165) is 4.90 Å². The Morgan fingerprint density at radius 3 is 2.64 bits per heavy atom. The standard InChI is InChI=1S/C17H21NO7/c1-11(2)9-24-13-5-4-12(8-14(13)22-3)16(20)25-10-15(19)18-6-7-23-17(18)21/h4-5,8,11H,6-7,9-10H2,1-3H3. The van der Waals surface area contributed by atoms with Crippen molar-refractivity contribution in [2.24, 2.45) is 5.92 Å². The molecule has 1 aromatic carbocycles. The van der Waals surface area contributed by atoms with E-state index >= 15 is 0 Å². The van der Waals surface area contributed by atoms with Crippen molar-refractivity contribution < 1.29 is 33.3 Å². The zero-order valence-corrected chi connectivity index (χ0v) is 14.4. The monoisotopic (exact) mass is 351 g/mol. The van der Waals surface area contributed by atoms with Gasteiger partial charge >= 0.3 is 12.1 Å². The fraction of sp³-hybridized carbons (Fsp3) is 0.471. The highest BCUT2D eigenvalue weighted by molar-refractivity contribution is 5.96. The smallest absolute Gasteiger partial charge is 0.416 e. The Balaban J connectivity index is 1.96. The number of carbonyl (C=O) groups excluding carboxylic acids is 3. The number of amides is 2. The number of methoxy groups -OCH3 is 1. The number of nitrogens with zero attached hydrogens (tertiary/aromatic N) is 1. The van der Waals surface area contributed by atoms with Gasteiger partial charge in [-0.15, -0.1) is 0 Å². The molecule has 0 saturated carbocycles. The van der Waals surface area contributed by atoms with E-state index in [-0.39, 0.29) is 18.7 Å². The summed E-state index contributed by atoms with van der Waals surface area (Å²) < 4.78 is 20.4. The van der Waals surface area contributed by atoms with E-state index in [4.69, 9.17) is 14.2 Å². The molecule has 0 unspecified atom stereocenters. The molecule has 1 heterocycles. The molecule has 0 bridgehead atoms. The predicted octanol–water partition coefficient (Wildman–Crippen LogP) is 1.87. The Labute approximate surface area is 145 Å². The normalized spacial score (nSPS) is 13.6. The highest BCUT2D eigenvalue weighted by atomic mass is 16.6. The summed E-state index contributed by atoms with van der Waals surface area (Å²) in [6, 6.07) is 4.61. The van der Waals surface area contributed by atoms with Crippen LogP contribution in [0.3, 0.4) is 0 Å². The largest absolute Gasteiger partial charge is 0.493 e. The number of ether oxygens (including phenoxy) is 4. The summed E-state index contributed by atoms with van der Waals surface area (Å²) in [6.45, 7) is 4.32. The lowest BCUT2D eigenvalue weighted by Gasteiger charge is -2.14. The van der Waals surface area contributed by atoms with Gasteiger partial charge in [0.1, 0.15) is 6.61 Å².